The van der Waals surface area contributed by atoms with Crippen molar-refractivity contribution in [3.8, 4) is 0 Å². The zero-order chi connectivity index (χ0) is 16.8. The molecule has 0 aliphatic carbocycles. The van der Waals surface area contributed by atoms with Crippen molar-refractivity contribution in [3.05, 3.63) is 39.9 Å². The van der Waals surface area contributed by atoms with Gasteiger partial charge >= 0.3 is 0 Å². The van der Waals surface area contributed by atoms with Gasteiger partial charge in [0.1, 0.15) is 6.61 Å². The molecule has 0 saturated carbocycles. The van der Waals surface area contributed by atoms with E-state index in [9.17, 15) is 15.3 Å². The summed E-state index contributed by atoms with van der Waals surface area (Å²) in [4.78, 5) is 15.7. The molecule has 1 aromatic rings. The standard InChI is InChI=1S/C15H20ClN3O4.ClH/c1-11(12-5-4-8-18(20)9-12)10-23-17-15(16)13-6-2-3-7-14(13)19(21)22;/h2-3,6-7,11-12,20H,4-5,8-10H2,1H3;1H/b17-15-;. The topological polar surface area (TPSA) is 88.2 Å². The highest BCUT2D eigenvalue weighted by molar-refractivity contribution is 6.69. The normalized spacial score (nSPS) is 20.1. The third-order valence-corrected chi connectivity index (χ3v) is 4.32. The molecule has 1 N–H and O–H groups in total. The Balaban J connectivity index is 0.00000288. The molecule has 134 valence electrons. The Labute approximate surface area is 151 Å². The Morgan fingerprint density at radius 1 is 1.58 bits per heavy atom. The first-order valence-corrected chi connectivity index (χ1v) is 7.90. The Kier molecular flexibility index (Phi) is 8.41. The van der Waals surface area contributed by atoms with Gasteiger partial charge in [-0.2, -0.15) is 5.06 Å². The number of rotatable bonds is 6. The first-order valence-electron chi connectivity index (χ1n) is 7.52. The maximum Gasteiger partial charge on any atom is 0.279 e. The molecule has 0 radical (unpaired) electrons. The molecule has 24 heavy (non-hydrogen) atoms. The molecule has 7 nitrogen and oxygen atoms in total. The third kappa shape index (κ3) is 5.59. The molecular formula is C15H21Cl2N3O4. The Hall–Kier alpha value is -1.41. The lowest BCUT2D eigenvalue weighted by molar-refractivity contribution is -0.385. The highest BCUT2D eigenvalue weighted by Gasteiger charge is 2.24. The van der Waals surface area contributed by atoms with Crippen LogP contribution in [0.15, 0.2) is 29.4 Å². The molecule has 1 aliphatic heterocycles. The van der Waals surface area contributed by atoms with Crippen LogP contribution in [-0.4, -0.2) is 40.1 Å². The molecule has 0 amide bonds. The van der Waals surface area contributed by atoms with Crippen LogP contribution in [0.25, 0.3) is 0 Å². The van der Waals surface area contributed by atoms with Crippen molar-refractivity contribution in [2.75, 3.05) is 19.7 Å². The van der Waals surface area contributed by atoms with Gasteiger partial charge in [0.2, 0.25) is 0 Å². The molecular weight excluding hydrogens is 357 g/mol. The molecule has 2 unspecified atom stereocenters. The minimum atomic E-state index is -0.506. The SMILES string of the molecule is CC(CO/N=C(\Cl)c1ccccc1[N+](=O)[O-])C1CCCN(O)C1.Cl. The Bertz CT molecular complexity index is 586. The average Bonchev–Trinajstić information content (AvgIpc) is 2.54. The van der Waals surface area contributed by atoms with E-state index in [-0.39, 0.29) is 34.7 Å². The molecule has 1 fully saturated rings. The van der Waals surface area contributed by atoms with Gasteiger partial charge in [0, 0.05) is 19.2 Å². The van der Waals surface area contributed by atoms with Crippen molar-refractivity contribution < 1.29 is 15.0 Å². The summed E-state index contributed by atoms with van der Waals surface area (Å²) < 4.78 is 0. The molecule has 0 spiro atoms. The third-order valence-electron chi connectivity index (χ3n) is 4.05. The average molecular weight is 378 g/mol. The van der Waals surface area contributed by atoms with E-state index in [1.165, 1.54) is 17.2 Å². The smallest absolute Gasteiger partial charge is 0.279 e. The van der Waals surface area contributed by atoms with Crippen molar-refractivity contribution in [3.63, 3.8) is 0 Å². The molecule has 0 aromatic heterocycles. The number of nitro groups is 1. The van der Waals surface area contributed by atoms with E-state index < -0.39 is 4.92 Å². The number of hydroxylamine groups is 2. The number of nitrogens with zero attached hydrogens (tertiary/aromatic N) is 3. The molecule has 1 heterocycles. The monoisotopic (exact) mass is 377 g/mol. The number of hydrogen-bond donors (Lipinski definition) is 1. The fourth-order valence-corrected chi connectivity index (χ4v) is 2.87. The maximum absolute atomic E-state index is 11.0. The van der Waals surface area contributed by atoms with Gasteiger partial charge < -0.3 is 10.0 Å². The van der Waals surface area contributed by atoms with Crippen LogP contribution in [0.1, 0.15) is 25.3 Å². The Morgan fingerprint density at radius 3 is 2.96 bits per heavy atom. The van der Waals surface area contributed by atoms with E-state index in [2.05, 4.69) is 5.16 Å². The van der Waals surface area contributed by atoms with Crippen LogP contribution >= 0.6 is 24.0 Å². The van der Waals surface area contributed by atoms with Crippen molar-refractivity contribution >= 4 is 34.9 Å². The highest BCUT2D eigenvalue weighted by atomic mass is 35.5. The minimum Gasteiger partial charge on any atom is -0.394 e. The lowest BCUT2D eigenvalue weighted by Crippen LogP contribution is -2.36. The molecule has 1 saturated heterocycles. The number of piperidine rings is 1. The highest BCUT2D eigenvalue weighted by Crippen LogP contribution is 2.24. The summed E-state index contributed by atoms with van der Waals surface area (Å²) in [6, 6.07) is 6.12. The molecule has 0 bridgehead atoms. The zero-order valence-electron chi connectivity index (χ0n) is 13.3. The van der Waals surface area contributed by atoms with Crippen LogP contribution in [0.4, 0.5) is 5.69 Å². The summed E-state index contributed by atoms with van der Waals surface area (Å²) in [7, 11) is 0. The van der Waals surface area contributed by atoms with E-state index in [1.54, 1.807) is 12.1 Å². The van der Waals surface area contributed by atoms with E-state index in [0.717, 1.165) is 12.8 Å². The van der Waals surface area contributed by atoms with Crippen LogP contribution in [0.2, 0.25) is 0 Å². The summed E-state index contributed by atoms with van der Waals surface area (Å²) in [5.74, 6) is 0.526. The van der Waals surface area contributed by atoms with Crippen molar-refractivity contribution in [1.29, 1.82) is 0 Å². The first-order chi connectivity index (χ1) is 11.0. The van der Waals surface area contributed by atoms with Gasteiger partial charge in [0.15, 0.2) is 5.17 Å². The van der Waals surface area contributed by atoms with Crippen molar-refractivity contribution in [2.45, 2.75) is 19.8 Å². The van der Waals surface area contributed by atoms with E-state index in [4.69, 9.17) is 16.4 Å². The van der Waals surface area contributed by atoms with Crippen LogP contribution in [0.5, 0.6) is 0 Å². The summed E-state index contributed by atoms with van der Waals surface area (Å²) in [6.07, 6.45) is 1.98. The molecule has 9 heteroatoms. The predicted molar refractivity (Wildman–Crippen MR) is 93.9 cm³/mol. The summed E-state index contributed by atoms with van der Waals surface area (Å²) in [6.45, 7) is 3.69. The number of benzene rings is 1. The molecule has 2 rings (SSSR count). The van der Waals surface area contributed by atoms with E-state index >= 15 is 0 Å². The number of hydrogen-bond acceptors (Lipinski definition) is 6. The van der Waals surface area contributed by atoms with Crippen LogP contribution in [-0.2, 0) is 4.84 Å². The summed E-state index contributed by atoms with van der Waals surface area (Å²) in [5, 5.41) is 25.6. The lowest BCUT2D eigenvalue weighted by atomic mass is 9.88. The van der Waals surface area contributed by atoms with Gasteiger partial charge in [-0.05, 0) is 30.7 Å². The Morgan fingerprint density at radius 2 is 2.29 bits per heavy atom. The van der Waals surface area contributed by atoms with Gasteiger partial charge in [-0.25, -0.2) is 0 Å². The van der Waals surface area contributed by atoms with E-state index in [0.29, 0.717) is 25.6 Å². The second kappa shape index (κ2) is 9.78. The first kappa shape index (κ1) is 20.6. The van der Waals surface area contributed by atoms with Gasteiger partial charge in [-0.3, -0.25) is 10.1 Å². The quantitative estimate of drug-likeness (QED) is 0.464. The van der Waals surface area contributed by atoms with E-state index in [1.807, 2.05) is 6.92 Å². The molecule has 2 atom stereocenters. The van der Waals surface area contributed by atoms with Gasteiger partial charge in [0.05, 0.1) is 10.5 Å². The second-order valence-electron chi connectivity index (χ2n) is 5.74. The summed E-state index contributed by atoms with van der Waals surface area (Å²) >= 11 is 6.02. The van der Waals surface area contributed by atoms with Crippen molar-refractivity contribution in [1.82, 2.24) is 5.06 Å². The summed E-state index contributed by atoms with van der Waals surface area (Å²) in [5.41, 5.74) is 0.118. The minimum absolute atomic E-state index is 0. The van der Waals surface area contributed by atoms with Gasteiger partial charge in [-0.15, -0.1) is 12.4 Å². The zero-order valence-corrected chi connectivity index (χ0v) is 14.9. The largest absolute Gasteiger partial charge is 0.394 e. The molecule has 1 aliphatic rings. The predicted octanol–water partition coefficient (Wildman–Crippen LogP) is 3.67. The lowest BCUT2D eigenvalue weighted by Gasteiger charge is -2.31. The number of nitro benzene ring substituents is 1. The van der Waals surface area contributed by atoms with Gasteiger partial charge in [0.25, 0.3) is 5.69 Å². The van der Waals surface area contributed by atoms with Crippen molar-refractivity contribution in [2.24, 2.45) is 17.0 Å². The number of para-hydroxylation sites is 1. The van der Waals surface area contributed by atoms with Crippen LogP contribution in [0, 0.1) is 22.0 Å². The second-order valence-corrected chi connectivity index (χ2v) is 6.10. The number of halogens is 2. The fourth-order valence-electron chi connectivity index (χ4n) is 2.66. The molecule has 1 aromatic carbocycles. The van der Waals surface area contributed by atoms with Crippen LogP contribution in [0.3, 0.4) is 0 Å². The van der Waals surface area contributed by atoms with Crippen LogP contribution < -0.4 is 0 Å². The fraction of sp³-hybridized carbons (Fsp3) is 0.533. The number of oxime groups is 1. The maximum atomic E-state index is 11.0. The van der Waals surface area contributed by atoms with Gasteiger partial charge in [-0.1, -0.05) is 35.8 Å².